The fourth-order valence-corrected chi connectivity index (χ4v) is 2.60. The van der Waals surface area contributed by atoms with Crippen molar-refractivity contribution in [3.8, 4) is 5.75 Å². The van der Waals surface area contributed by atoms with Crippen LogP contribution in [0, 0.1) is 5.41 Å². The van der Waals surface area contributed by atoms with Crippen molar-refractivity contribution in [2.24, 2.45) is 5.41 Å². The Morgan fingerprint density at radius 2 is 2.00 bits per heavy atom. The lowest BCUT2D eigenvalue weighted by Crippen LogP contribution is -2.61. The second-order valence-electron chi connectivity index (χ2n) is 6.50. The zero-order valence-electron chi connectivity index (χ0n) is 13.2. The van der Waals surface area contributed by atoms with Crippen LogP contribution in [0.25, 0.3) is 0 Å². The number of ether oxygens (including phenoxy) is 1. The number of aliphatic hydroxyl groups excluding tert-OH is 2. The van der Waals surface area contributed by atoms with E-state index in [1.54, 1.807) is 0 Å². The van der Waals surface area contributed by atoms with E-state index in [-0.39, 0.29) is 24.2 Å². The van der Waals surface area contributed by atoms with Gasteiger partial charge in [-0.15, -0.1) is 0 Å². The van der Waals surface area contributed by atoms with E-state index in [0.717, 1.165) is 18.6 Å². The van der Waals surface area contributed by atoms with E-state index >= 15 is 0 Å². The van der Waals surface area contributed by atoms with Crippen LogP contribution in [-0.2, 0) is 6.42 Å². The molecule has 118 valence electrons. The molecular formula is C17H27NO3. The van der Waals surface area contributed by atoms with Crippen LogP contribution in [0.2, 0.25) is 0 Å². The Morgan fingerprint density at radius 3 is 2.52 bits per heavy atom. The molecule has 1 aliphatic carbocycles. The highest BCUT2D eigenvalue weighted by atomic mass is 16.5. The average molecular weight is 293 g/mol. The molecule has 0 amide bonds. The third kappa shape index (κ3) is 3.96. The number of nitrogens with one attached hydrogen (secondary N) is 1. The molecule has 1 saturated carbocycles. The van der Waals surface area contributed by atoms with Gasteiger partial charge in [0.15, 0.2) is 0 Å². The second kappa shape index (κ2) is 6.77. The zero-order chi connectivity index (χ0) is 15.5. The first-order chi connectivity index (χ1) is 9.93. The Bertz CT molecular complexity index is 444. The van der Waals surface area contributed by atoms with Crippen molar-refractivity contribution in [2.45, 2.75) is 51.9 Å². The van der Waals surface area contributed by atoms with Crippen LogP contribution in [-0.4, -0.2) is 41.6 Å². The summed E-state index contributed by atoms with van der Waals surface area (Å²) in [5.41, 5.74) is 1.16. The van der Waals surface area contributed by atoms with Crippen LogP contribution in [0.5, 0.6) is 5.75 Å². The van der Waals surface area contributed by atoms with Crippen LogP contribution in [0.4, 0.5) is 0 Å². The Hall–Kier alpha value is -1.10. The Morgan fingerprint density at radius 1 is 1.33 bits per heavy atom. The second-order valence-corrected chi connectivity index (χ2v) is 6.50. The molecule has 4 heteroatoms. The highest BCUT2D eigenvalue weighted by molar-refractivity contribution is 5.27. The SMILES string of the molecule is CCc1ccc(OCC(O)CNC2CC(O)C2(C)C)cc1. The number of benzene rings is 1. The maximum atomic E-state index is 9.97. The Kier molecular flexibility index (Phi) is 5.25. The highest BCUT2D eigenvalue weighted by Gasteiger charge is 2.46. The molecule has 4 nitrogen and oxygen atoms in total. The van der Waals surface area contributed by atoms with Gasteiger partial charge in [-0.2, -0.15) is 0 Å². The van der Waals surface area contributed by atoms with Gasteiger partial charge in [0.2, 0.25) is 0 Å². The summed E-state index contributed by atoms with van der Waals surface area (Å²) < 4.78 is 5.58. The molecule has 0 heterocycles. The third-order valence-corrected chi connectivity index (χ3v) is 4.59. The first kappa shape index (κ1) is 16.3. The molecule has 0 aromatic heterocycles. The molecule has 1 fully saturated rings. The molecule has 1 aromatic carbocycles. The van der Waals surface area contributed by atoms with Crippen molar-refractivity contribution in [3.63, 3.8) is 0 Å². The van der Waals surface area contributed by atoms with Gasteiger partial charge in [-0.3, -0.25) is 0 Å². The van der Waals surface area contributed by atoms with Crippen molar-refractivity contribution < 1.29 is 14.9 Å². The maximum absolute atomic E-state index is 9.97. The van der Waals surface area contributed by atoms with Gasteiger partial charge in [-0.1, -0.05) is 32.9 Å². The molecule has 0 aliphatic heterocycles. The summed E-state index contributed by atoms with van der Waals surface area (Å²) in [7, 11) is 0. The molecule has 0 radical (unpaired) electrons. The lowest BCUT2D eigenvalue weighted by Gasteiger charge is -2.49. The van der Waals surface area contributed by atoms with E-state index in [2.05, 4.69) is 12.2 Å². The molecule has 0 bridgehead atoms. The van der Waals surface area contributed by atoms with Gasteiger partial charge in [-0.05, 0) is 30.5 Å². The number of hydrogen-bond donors (Lipinski definition) is 3. The van der Waals surface area contributed by atoms with Gasteiger partial charge in [0, 0.05) is 18.0 Å². The van der Waals surface area contributed by atoms with Gasteiger partial charge in [0.25, 0.3) is 0 Å². The number of aryl methyl sites for hydroxylation is 1. The van der Waals surface area contributed by atoms with E-state index < -0.39 is 6.10 Å². The fraction of sp³-hybridized carbons (Fsp3) is 0.647. The molecule has 1 aliphatic rings. The van der Waals surface area contributed by atoms with E-state index in [0.29, 0.717) is 6.54 Å². The van der Waals surface area contributed by atoms with Gasteiger partial charge in [0.05, 0.1) is 6.10 Å². The molecule has 3 N–H and O–H groups in total. The minimum atomic E-state index is -0.551. The molecular weight excluding hydrogens is 266 g/mol. The summed E-state index contributed by atoms with van der Waals surface area (Å²) in [5.74, 6) is 0.783. The van der Waals surface area contributed by atoms with Gasteiger partial charge < -0.3 is 20.3 Å². The van der Waals surface area contributed by atoms with Crippen LogP contribution in [0.15, 0.2) is 24.3 Å². The molecule has 3 atom stereocenters. The lowest BCUT2D eigenvalue weighted by molar-refractivity contribution is -0.0755. The highest BCUT2D eigenvalue weighted by Crippen LogP contribution is 2.40. The summed E-state index contributed by atoms with van der Waals surface area (Å²) in [4.78, 5) is 0. The molecule has 0 spiro atoms. The summed E-state index contributed by atoms with van der Waals surface area (Å²) in [6.45, 7) is 6.94. The quantitative estimate of drug-likeness (QED) is 0.716. The summed E-state index contributed by atoms with van der Waals surface area (Å²) in [5, 5.41) is 22.9. The topological polar surface area (TPSA) is 61.7 Å². The normalized spacial score (nSPS) is 25.2. The van der Waals surface area contributed by atoms with Crippen molar-refractivity contribution in [1.29, 1.82) is 0 Å². The smallest absolute Gasteiger partial charge is 0.119 e. The standard InChI is InChI=1S/C17H27NO3/c1-4-12-5-7-14(8-6-12)21-11-13(19)10-18-15-9-16(20)17(15,2)3/h5-8,13,15-16,18-20H,4,9-11H2,1-3H3. The first-order valence-electron chi connectivity index (χ1n) is 7.74. The Balaban J connectivity index is 1.69. The van der Waals surface area contributed by atoms with Crippen LogP contribution in [0.3, 0.4) is 0 Å². The van der Waals surface area contributed by atoms with Crippen molar-refractivity contribution in [3.05, 3.63) is 29.8 Å². The minimum absolute atomic E-state index is 0.115. The average Bonchev–Trinajstić information content (AvgIpc) is 2.49. The predicted molar refractivity (Wildman–Crippen MR) is 83.5 cm³/mol. The van der Waals surface area contributed by atoms with Gasteiger partial charge in [0.1, 0.15) is 18.5 Å². The predicted octanol–water partition coefficient (Wildman–Crippen LogP) is 1.74. The summed E-state index contributed by atoms with van der Waals surface area (Å²) in [6, 6.07) is 8.21. The van der Waals surface area contributed by atoms with Gasteiger partial charge in [-0.25, -0.2) is 0 Å². The number of aliphatic hydroxyl groups is 2. The summed E-state index contributed by atoms with van der Waals surface area (Å²) in [6.07, 6.45) is 0.958. The number of rotatable bonds is 7. The fourth-order valence-electron chi connectivity index (χ4n) is 2.60. The molecule has 0 saturated heterocycles. The largest absolute Gasteiger partial charge is 0.491 e. The molecule has 2 rings (SSSR count). The minimum Gasteiger partial charge on any atom is -0.491 e. The first-order valence-corrected chi connectivity index (χ1v) is 7.74. The van der Waals surface area contributed by atoms with Crippen molar-refractivity contribution >= 4 is 0 Å². The van der Waals surface area contributed by atoms with E-state index in [1.807, 2.05) is 38.1 Å². The summed E-state index contributed by atoms with van der Waals surface area (Å²) >= 11 is 0. The maximum Gasteiger partial charge on any atom is 0.119 e. The van der Waals surface area contributed by atoms with E-state index in [4.69, 9.17) is 4.74 Å². The molecule has 3 unspecified atom stereocenters. The van der Waals surface area contributed by atoms with E-state index in [1.165, 1.54) is 5.56 Å². The molecule has 1 aromatic rings. The lowest BCUT2D eigenvalue weighted by atomic mass is 9.64. The van der Waals surface area contributed by atoms with Crippen LogP contribution >= 0.6 is 0 Å². The van der Waals surface area contributed by atoms with Crippen LogP contribution < -0.4 is 10.1 Å². The molecule has 21 heavy (non-hydrogen) atoms. The van der Waals surface area contributed by atoms with Gasteiger partial charge >= 0.3 is 0 Å². The van der Waals surface area contributed by atoms with E-state index in [9.17, 15) is 10.2 Å². The van der Waals surface area contributed by atoms with Crippen LogP contribution in [0.1, 0.15) is 32.8 Å². The number of hydrogen-bond acceptors (Lipinski definition) is 4. The third-order valence-electron chi connectivity index (χ3n) is 4.59. The van der Waals surface area contributed by atoms with Crippen molar-refractivity contribution in [2.75, 3.05) is 13.2 Å². The monoisotopic (exact) mass is 293 g/mol. The van der Waals surface area contributed by atoms with Crippen molar-refractivity contribution in [1.82, 2.24) is 5.32 Å². The Labute approximate surface area is 127 Å². The zero-order valence-corrected chi connectivity index (χ0v) is 13.2.